The molecule has 0 amide bonds. The number of carbonyl (C=O) groups is 1. The minimum atomic E-state index is -0.138. The quantitative estimate of drug-likeness (QED) is 0.443. The molecule has 0 bridgehead atoms. The predicted molar refractivity (Wildman–Crippen MR) is 48.1 cm³/mol. The van der Waals surface area contributed by atoms with Crippen molar-refractivity contribution in [3.63, 3.8) is 0 Å². The van der Waals surface area contributed by atoms with Gasteiger partial charge in [0.25, 0.3) is 0 Å². The van der Waals surface area contributed by atoms with Crippen LogP contribution in [-0.4, -0.2) is 17.5 Å². The lowest BCUT2D eigenvalue weighted by Gasteiger charge is -2.14. The van der Waals surface area contributed by atoms with Crippen LogP contribution in [0.4, 0.5) is 0 Å². The number of hydrogen-bond donors (Lipinski definition) is 0. The Labute approximate surface area is 68.7 Å². The zero-order valence-corrected chi connectivity index (χ0v) is 8.01. The number of aldehydes is 1. The van der Waals surface area contributed by atoms with Gasteiger partial charge in [-0.05, 0) is 26.7 Å². The van der Waals surface area contributed by atoms with E-state index >= 15 is 0 Å². The number of hydrogen-bond acceptors (Lipinski definition) is 2. The highest BCUT2D eigenvalue weighted by molar-refractivity contribution is 6.29. The normalized spacial score (nSPS) is 13.8. The molecule has 0 aromatic heterocycles. The average molecular weight is 155 g/mol. The van der Waals surface area contributed by atoms with Gasteiger partial charge in [0.15, 0.2) is 6.29 Å². The maximum absolute atomic E-state index is 10.5. The summed E-state index contributed by atoms with van der Waals surface area (Å²) in [4.78, 5) is 14.8. The highest BCUT2D eigenvalue weighted by Gasteiger charge is 2.11. The molecule has 0 rings (SSSR count). The fourth-order valence-electron chi connectivity index (χ4n) is 0.679. The first kappa shape index (κ1) is 10.3. The lowest BCUT2D eigenvalue weighted by molar-refractivity contribution is -0.103. The molecule has 0 atom stereocenters. The van der Waals surface area contributed by atoms with Gasteiger partial charge in [0.1, 0.15) is 0 Å². The van der Waals surface area contributed by atoms with Crippen LogP contribution in [0.15, 0.2) is 4.99 Å². The minimum Gasteiger partial charge on any atom is -0.297 e. The Morgan fingerprint density at radius 2 is 1.82 bits per heavy atom. The van der Waals surface area contributed by atoms with Crippen LogP contribution >= 0.6 is 0 Å². The summed E-state index contributed by atoms with van der Waals surface area (Å²) in [5, 5.41) is 0. The van der Waals surface area contributed by atoms with E-state index in [1.807, 2.05) is 34.6 Å². The van der Waals surface area contributed by atoms with Gasteiger partial charge < -0.3 is 0 Å². The Bertz CT molecular complexity index is 163. The summed E-state index contributed by atoms with van der Waals surface area (Å²) in [6.07, 6.45) is 0.843. The van der Waals surface area contributed by atoms with Gasteiger partial charge in [-0.25, -0.2) is 0 Å². The van der Waals surface area contributed by atoms with Crippen molar-refractivity contribution in [2.75, 3.05) is 0 Å². The van der Waals surface area contributed by atoms with E-state index in [0.29, 0.717) is 5.71 Å². The second-order valence-corrected chi connectivity index (χ2v) is 3.98. The van der Waals surface area contributed by atoms with Gasteiger partial charge in [0, 0.05) is 0 Å². The molecule has 2 heteroatoms. The van der Waals surface area contributed by atoms with E-state index < -0.39 is 0 Å². The standard InChI is InChI=1S/C9H17NO/c1-7(2)8(6-11)10-9(3,4)5/h6-7H,1-5H3. The van der Waals surface area contributed by atoms with Gasteiger partial charge in [-0.3, -0.25) is 9.79 Å². The molecule has 0 radical (unpaired) electrons. The third-order valence-corrected chi connectivity index (χ3v) is 1.18. The van der Waals surface area contributed by atoms with E-state index in [1.165, 1.54) is 0 Å². The molecule has 2 nitrogen and oxygen atoms in total. The third kappa shape index (κ3) is 4.71. The summed E-state index contributed by atoms with van der Waals surface area (Å²) in [5.41, 5.74) is 0.512. The largest absolute Gasteiger partial charge is 0.297 e. The van der Waals surface area contributed by atoms with Crippen molar-refractivity contribution >= 4 is 12.0 Å². The molecule has 0 spiro atoms. The van der Waals surface area contributed by atoms with Crippen LogP contribution in [0.3, 0.4) is 0 Å². The van der Waals surface area contributed by atoms with Crippen molar-refractivity contribution in [1.82, 2.24) is 0 Å². The Morgan fingerprint density at radius 1 is 1.36 bits per heavy atom. The number of carbonyl (C=O) groups excluding carboxylic acids is 1. The van der Waals surface area contributed by atoms with Crippen LogP contribution < -0.4 is 0 Å². The minimum absolute atomic E-state index is 0.138. The van der Waals surface area contributed by atoms with E-state index in [1.54, 1.807) is 0 Å². The van der Waals surface area contributed by atoms with Crippen molar-refractivity contribution < 1.29 is 4.79 Å². The van der Waals surface area contributed by atoms with Gasteiger partial charge >= 0.3 is 0 Å². The molecule has 0 saturated carbocycles. The lowest BCUT2D eigenvalue weighted by atomic mass is 10.1. The molecule has 11 heavy (non-hydrogen) atoms. The Morgan fingerprint density at radius 3 is 1.91 bits per heavy atom. The second kappa shape index (κ2) is 3.65. The topological polar surface area (TPSA) is 29.4 Å². The van der Waals surface area contributed by atoms with Gasteiger partial charge in [-0.15, -0.1) is 0 Å². The number of nitrogens with zero attached hydrogens (tertiary/aromatic N) is 1. The highest BCUT2D eigenvalue weighted by Crippen LogP contribution is 2.09. The summed E-state index contributed by atoms with van der Waals surface area (Å²) in [6, 6.07) is 0. The lowest BCUT2D eigenvalue weighted by Crippen LogP contribution is -2.18. The van der Waals surface area contributed by atoms with Crippen molar-refractivity contribution in [1.29, 1.82) is 0 Å². The van der Waals surface area contributed by atoms with E-state index in [-0.39, 0.29) is 11.5 Å². The van der Waals surface area contributed by atoms with E-state index in [9.17, 15) is 4.79 Å². The summed E-state index contributed by atoms with van der Waals surface area (Å²) in [7, 11) is 0. The monoisotopic (exact) mass is 155 g/mol. The predicted octanol–water partition coefficient (Wildman–Crippen LogP) is 2.08. The van der Waals surface area contributed by atoms with E-state index in [4.69, 9.17) is 0 Å². The van der Waals surface area contributed by atoms with Crippen LogP contribution in [0.1, 0.15) is 34.6 Å². The van der Waals surface area contributed by atoms with Crippen molar-refractivity contribution in [3.05, 3.63) is 0 Å². The smallest absolute Gasteiger partial charge is 0.164 e. The van der Waals surface area contributed by atoms with Crippen LogP contribution in [-0.2, 0) is 4.79 Å². The molecule has 0 N–H and O–H groups in total. The van der Waals surface area contributed by atoms with E-state index in [0.717, 1.165) is 6.29 Å². The van der Waals surface area contributed by atoms with Crippen LogP contribution in [0.25, 0.3) is 0 Å². The number of rotatable bonds is 2. The summed E-state index contributed by atoms with van der Waals surface area (Å²) >= 11 is 0. The van der Waals surface area contributed by atoms with Crippen molar-refractivity contribution in [2.45, 2.75) is 40.2 Å². The first-order valence-corrected chi connectivity index (χ1v) is 3.91. The third-order valence-electron chi connectivity index (χ3n) is 1.18. The Hall–Kier alpha value is -0.660. The zero-order chi connectivity index (χ0) is 9.07. The maximum atomic E-state index is 10.5. The SMILES string of the molecule is CC(C)C(C=O)=NC(C)(C)C. The summed E-state index contributed by atoms with van der Waals surface area (Å²) in [5.74, 6) is 0.228. The fourth-order valence-corrected chi connectivity index (χ4v) is 0.679. The van der Waals surface area contributed by atoms with Gasteiger partial charge in [0.2, 0.25) is 0 Å². The molecule has 0 aromatic carbocycles. The molecule has 0 saturated heterocycles. The van der Waals surface area contributed by atoms with Crippen molar-refractivity contribution in [2.24, 2.45) is 10.9 Å². The Balaban J connectivity index is 4.49. The molecule has 0 aliphatic heterocycles. The highest BCUT2D eigenvalue weighted by atomic mass is 16.1. The van der Waals surface area contributed by atoms with Gasteiger partial charge in [-0.2, -0.15) is 0 Å². The molecule has 0 aromatic rings. The molecular weight excluding hydrogens is 138 g/mol. The molecular formula is C9H17NO. The first-order chi connectivity index (χ1) is 4.87. The zero-order valence-electron chi connectivity index (χ0n) is 8.01. The maximum Gasteiger partial charge on any atom is 0.164 e. The average Bonchev–Trinajstić information content (AvgIpc) is 1.80. The molecule has 64 valence electrons. The van der Waals surface area contributed by atoms with Crippen LogP contribution in [0, 0.1) is 5.92 Å². The van der Waals surface area contributed by atoms with Gasteiger partial charge in [0.05, 0.1) is 11.3 Å². The van der Waals surface area contributed by atoms with Gasteiger partial charge in [-0.1, -0.05) is 13.8 Å². The summed E-state index contributed by atoms with van der Waals surface area (Å²) < 4.78 is 0. The van der Waals surface area contributed by atoms with Crippen LogP contribution in [0.5, 0.6) is 0 Å². The van der Waals surface area contributed by atoms with Crippen molar-refractivity contribution in [3.8, 4) is 0 Å². The molecule has 0 unspecified atom stereocenters. The first-order valence-electron chi connectivity index (χ1n) is 3.91. The molecule has 0 aliphatic rings. The number of aliphatic imine (C=N–C) groups is 1. The summed E-state index contributed by atoms with van der Waals surface area (Å²) in [6.45, 7) is 9.90. The van der Waals surface area contributed by atoms with E-state index in [2.05, 4.69) is 4.99 Å². The molecule has 0 aliphatic carbocycles. The van der Waals surface area contributed by atoms with Crippen LogP contribution in [0.2, 0.25) is 0 Å². The second-order valence-electron chi connectivity index (χ2n) is 3.98. The molecule has 0 heterocycles. The Kier molecular flexibility index (Phi) is 3.43. The fraction of sp³-hybridized carbons (Fsp3) is 0.778. The molecule has 0 fully saturated rings.